The monoisotopic (exact) mass is 291 g/mol. The van der Waals surface area contributed by atoms with Gasteiger partial charge < -0.3 is 4.74 Å². The predicted octanol–water partition coefficient (Wildman–Crippen LogP) is 4.18. The van der Waals surface area contributed by atoms with Gasteiger partial charge in [-0.2, -0.15) is 0 Å². The second-order valence-electron chi connectivity index (χ2n) is 5.26. The van der Waals surface area contributed by atoms with Crippen molar-refractivity contribution in [3.8, 4) is 11.3 Å². The van der Waals surface area contributed by atoms with Gasteiger partial charge in [0.1, 0.15) is 0 Å². The van der Waals surface area contributed by atoms with Crippen LogP contribution in [0, 0.1) is 0 Å². The van der Waals surface area contributed by atoms with Crippen molar-refractivity contribution in [2.75, 3.05) is 7.11 Å². The first kappa shape index (κ1) is 14.3. The van der Waals surface area contributed by atoms with E-state index in [1.165, 1.54) is 7.11 Å². The zero-order chi connectivity index (χ0) is 15.5. The fourth-order valence-corrected chi connectivity index (χ4v) is 2.50. The molecule has 0 spiro atoms. The summed E-state index contributed by atoms with van der Waals surface area (Å²) in [4.78, 5) is 16.3. The second-order valence-corrected chi connectivity index (χ2v) is 5.26. The van der Waals surface area contributed by atoms with E-state index in [-0.39, 0.29) is 11.9 Å². The Bertz CT molecular complexity index is 812. The third-order valence-corrected chi connectivity index (χ3v) is 3.84. The SMILES string of the molecule is COC(=O)C(C)c1ccc2nc(-c3ccccc3)ccc2c1. The molecule has 1 heterocycles. The van der Waals surface area contributed by atoms with E-state index in [4.69, 9.17) is 9.72 Å². The Morgan fingerprint density at radius 2 is 1.82 bits per heavy atom. The summed E-state index contributed by atoms with van der Waals surface area (Å²) in [7, 11) is 1.41. The topological polar surface area (TPSA) is 39.2 Å². The van der Waals surface area contributed by atoms with Crippen molar-refractivity contribution in [1.29, 1.82) is 0 Å². The lowest BCUT2D eigenvalue weighted by atomic mass is 9.99. The number of nitrogens with zero attached hydrogens (tertiary/aromatic N) is 1. The fourth-order valence-electron chi connectivity index (χ4n) is 2.50. The quantitative estimate of drug-likeness (QED) is 0.680. The van der Waals surface area contributed by atoms with Crippen molar-refractivity contribution in [2.45, 2.75) is 12.8 Å². The minimum absolute atomic E-state index is 0.229. The molecule has 0 fully saturated rings. The van der Waals surface area contributed by atoms with Gasteiger partial charge in [0, 0.05) is 10.9 Å². The first-order valence-electron chi connectivity index (χ1n) is 7.23. The van der Waals surface area contributed by atoms with Crippen LogP contribution in [0.5, 0.6) is 0 Å². The van der Waals surface area contributed by atoms with Crippen LogP contribution in [0.25, 0.3) is 22.2 Å². The zero-order valence-electron chi connectivity index (χ0n) is 12.6. The average Bonchev–Trinajstić information content (AvgIpc) is 2.60. The summed E-state index contributed by atoms with van der Waals surface area (Å²) in [6, 6.07) is 20.0. The highest BCUT2D eigenvalue weighted by molar-refractivity contribution is 5.85. The lowest BCUT2D eigenvalue weighted by Gasteiger charge is -2.10. The molecule has 0 saturated carbocycles. The van der Waals surface area contributed by atoms with E-state index in [1.807, 2.05) is 67.6 Å². The van der Waals surface area contributed by atoms with E-state index in [2.05, 4.69) is 0 Å². The maximum atomic E-state index is 11.6. The van der Waals surface area contributed by atoms with Gasteiger partial charge in [0.05, 0.1) is 24.2 Å². The molecule has 0 aliphatic heterocycles. The van der Waals surface area contributed by atoms with Crippen LogP contribution in [0.15, 0.2) is 60.7 Å². The number of pyridine rings is 1. The van der Waals surface area contributed by atoms with E-state index in [0.29, 0.717) is 0 Å². The molecule has 3 rings (SSSR count). The minimum Gasteiger partial charge on any atom is -0.469 e. The Kier molecular flexibility index (Phi) is 3.88. The number of methoxy groups -OCH3 is 1. The predicted molar refractivity (Wildman–Crippen MR) is 87.6 cm³/mol. The van der Waals surface area contributed by atoms with Gasteiger partial charge in [-0.15, -0.1) is 0 Å². The molecule has 3 nitrogen and oxygen atoms in total. The van der Waals surface area contributed by atoms with Gasteiger partial charge in [0.2, 0.25) is 0 Å². The Labute approximate surface area is 129 Å². The van der Waals surface area contributed by atoms with Crippen LogP contribution < -0.4 is 0 Å². The van der Waals surface area contributed by atoms with E-state index in [9.17, 15) is 4.79 Å². The van der Waals surface area contributed by atoms with Crippen LogP contribution in [0.3, 0.4) is 0 Å². The smallest absolute Gasteiger partial charge is 0.312 e. The molecular formula is C19H17NO2. The highest BCUT2D eigenvalue weighted by atomic mass is 16.5. The first-order chi connectivity index (χ1) is 10.7. The molecule has 0 saturated heterocycles. The zero-order valence-corrected chi connectivity index (χ0v) is 12.6. The van der Waals surface area contributed by atoms with Gasteiger partial charge in [0.25, 0.3) is 0 Å². The summed E-state index contributed by atoms with van der Waals surface area (Å²) >= 11 is 0. The van der Waals surface area contributed by atoms with Crippen molar-refractivity contribution in [3.63, 3.8) is 0 Å². The molecule has 1 atom stereocenters. The number of rotatable bonds is 3. The lowest BCUT2D eigenvalue weighted by molar-refractivity contribution is -0.141. The molecule has 3 aromatic rings. The molecule has 110 valence electrons. The number of aromatic nitrogens is 1. The first-order valence-corrected chi connectivity index (χ1v) is 7.23. The average molecular weight is 291 g/mol. The lowest BCUT2D eigenvalue weighted by Crippen LogP contribution is -2.10. The van der Waals surface area contributed by atoms with Gasteiger partial charge in [-0.05, 0) is 30.7 Å². The fraction of sp³-hybridized carbons (Fsp3) is 0.158. The Morgan fingerprint density at radius 3 is 2.55 bits per heavy atom. The maximum Gasteiger partial charge on any atom is 0.312 e. The Hall–Kier alpha value is -2.68. The number of carbonyl (C=O) groups is 1. The number of carbonyl (C=O) groups excluding carboxylic acids is 1. The summed E-state index contributed by atoms with van der Waals surface area (Å²) < 4.78 is 4.80. The van der Waals surface area contributed by atoms with Crippen LogP contribution >= 0.6 is 0 Å². The molecule has 0 aliphatic rings. The van der Waals surface area contributed by atoms with Crippen LogP contribution in [-0.4, -0.2) is 18.1 Å². The molecule has 1 unspecified atom stereocenters. The van der Waals surface area contributed by atoms with Crippen molar-refractivity contribution in [1.82, 2.24) is 4.98 Å². The Balaban J connectivity index is 2.00. The number of hydrogen-bond donors (Lipinski definition) is 0. The van der Waals surface area contributed by atoms with E-state index in [1.54, 1.807) is 0 Å². The highest BCUT2D eigenvalue weighted by Gasteiger charge is 2.15. The normalized spacial score (nSPS) is 12.1. The van der Waals surface area contributed by atoms with Gasteiger partial charge in [-0.1, -0.05) is 42.5 Å². The molecule has 0 aliphatic carbocycles. The van der Waals surface area contributed by atoms with Crippen molar-refractivity contribution >= 4 is 16.9 Å². The van der Waals surface area contributed by atoms with E-state index < -0.39 is 0 Å². The number of ether oxygens (including phenoxy) is 1. The summed E-state index contributed by atoms with van der Waals surface area (Å²) in [5, 5.41) is 1.02. The van der Waals surface area contributed by atoms with E-state index in [0.717, 1.165) is 27.7 Å². The van der Waals surface area contributed by atoms with E-state index >= 15 is 0 Å². The summed E-state index contributed by atoms with van der Waals surface area (Å²) in [5.74, 6) is -0.503. The number of fused-ring (bicyclic) bond motifs is 1. The van der Waals surface area contributed by atoms with Crippen LogP contribution in [-0.2, 0) is 9.53 Å². The number of benzene rings is 2. The third-order valence-electron chi connectivity index (χ3n) is 3.84. The molecule has 1 aromatic heterocycles. The molecule has 0 N–H and O–H groups in total. The third kappa shape index (κ3) is 2.70. The largest absolute Gasteiger partial charge is 0.469 e. The molecule has 0 amide bonds. The second kappa shape index (κ2) is 5.98. The van der Waals surface area contributed by atoms with Gasteiger partial charge in [0.15, 0.2) is 0 Å². The standard InChI is InChI=1S/C19H17NO2/c1-13(19(21)22-2)15-8-10-18-16(12-15)9-11-17(20-18)14-6-4-3-5-7-14/h3-13H,1-2H3. The summed E-state index contributed by atoms with van der Waals surface area (Å²) in [6.45, 7) is 1.85. The van der Waals surface area contributed by atoms with Crippen molar-refractivity contribution in [3.05, 3.63) is 66.2 Å². The molecule has 0 radical (unpaired) electrons. The molecule has 22 heavy (non-hydrogen) atoms. The van der Waals surface area contributed by atoms with Gasteiger partial charge >= 0.3 is 5.97 Å². The van der Waals surface area contributed by atoms with Crippen LogP contribution in [0.1, 0.15) is 18.4 Å². The van der Waals surface area contributed by atoms with Gasteiger partial charge in [-0.25, -0.2) is 4.98 Å². The van der Waals surface area contributed by atoms with Crippen LogP contribution in [0.2, 0.25) is 0 Å². The summed E-state index contributed by atoms with van der Waals surface area (Å²) in [6.07, 6.45) is 0. The van der Waals surface area contributed by atoms with Crippen molar-refractivity contribution in [2.24, 2.45) is 0 Å². The molecular weight excluding hydrogens is 274 g/mol. The molecule has 2 aromatic carbocycles. The highest BCUT2D eigenvalue weighted by Crippen LogP contribution is 2.24. The summed E-state index contributed by atoms with van der Waals surface area (Å²) in [5.41, 5.74) is 3.90. The maximum absolute atomic E-state index is 11.6. The number of hydrogen-bond acceptors (Lipinski definition) is 3. The Morgan fingerprint density at radius 1 is 1.05 bits per heavy atom. The minimum atomic E-state index is -0.275. The van der Waals surface area contributed by atoms with Crippen LogP contribution in [0.4, 0.5) is 0 Å². The molecule has 0 bridgehead atoms. The van der Waals surface area contributed by atoms with Gasteiger partial charge in [-0.3, -0.25) is 4.79 Å². The molecule has 3 heteroatoms. The van der Waals surface area contributed by atoms with Crippen molar-refractivity contribution < 1.29 is 9.53 Å². The number of esters is 1.